The summed E-state index contributed by atoms with van der Waals surface area (Å²) in [5.41, 5.74) is 0.971. The smallest absolute Gasteiger partial charge is 0.162 e. The first-order valence-corrected chi connectivity index (χ1v) is 11.6. The normalized spacial score (nSPS) is 19.9. The molecular weight excluding hydrogens is 416 g/mol. The summed E-state index contributed by atoms with van der Waals surface area (Å²) in [6.07, 6.45) is 7.37. The first-order valence-electron chi connectivity index (χ1n) is 11.6. The fraction of sp³-hybridized carbons (Fsp3) is 0.481. The molecule has 174 valence electrons. The highest BCUT2D eigenvalue weighted by Gasteiger charge is 2.26. The van der Waals surface area contributed by atoms with Crippen molar-refractivity contribution in [2.24, 2.45) is 5.92 Å². The van der Waals surface area contributed by atoms with E-state index in [1.807, 2.05) is 19.9 Å². The van der Waals surface area contributed by atoms with Gasteiger partial charge >= 0.3 is 0 Å². The van der Waals surface area contributed by atoms with Crippen LogP contribution in [-0.4, -0.2) is 12.8 Å². The zero-order valence-electron chi connectivity index (χ0n) is 18.9. The fourth-order valence-electron chi connectivity index (χ4n) is 4.55. The number of rotatable bonds is 9. The molecule has 1 aliphatic rings. The van der Waals surface area contributed by atoms with E-state index in [1.54, 1.807) is 18.2 Å². The van der Waals surface area contributed by atoms with Gasteiger partial charge in [-0.25, -0.2) is 17.6 Å². The number of alkyl halides is 1. The van der Waals surface area contributed by atoms with Crippen LogP contribution in [0, 0.1) is 23.4 Å². The molecule has 1 saturated carbocycles. The summed E-state index contributed by atoms with van der Waals surface area (Å²) >= 11 is 0. The molecule has 1 unspecified atom stereocenters. The van der Waals surface area contributed by atoms with Crippen molar-refractivity contribution in [2.45, 2.75) is 70.9 Å². The van der Waals surface area contributed by atoms with Gasteiger partial charge in [-0.15, -0.1) is 0 Å². The Labute approximate surface area is 188 Å². The van der Waals surface area contributed by atoms with Gasteiger partial charge in [-0.1, -0.05) is 43.7 Å². The molecule has 1 aliphatic carbocycles. The number of halogens is 4. The molecule has 0 bridgehead atoms. The first kappa shape index (κ1) is 24.3. The monoisotopic (exact) mass is 448 g/mol. The Kier molecular flexibility index (Phi) is 8.77. The van der Waals surface area contributed by atoms with Gasteiger partial charge in [0.25, 0.3) is 0 Å². The third-order valence-corrected chi connectivity index (χ3v) is 6.28. The molecule has 1 atom stereocenters. The second-order valence-corrected chi connectivity index (χ2v) is 8.69. The van der Waals surface area contributed by atoms with E-state index in [0.717, 1.165) is 32.1 Å². The van der Waals surface area contributed by atoms with E-state index in [-0.39, 0.29) is 36.1 Å². The van der Waals surface area contributed by atoms with E-state index in [2.05, 4.69) is 6.08 Å². The fourth-order valence-corrected chi connectivity index (χ4v) is 4.55. The lowest BCUT2D eigenvalue weighted by molar-refractivity contribution is 0.193. The summed E-state index contributed by atoms with van der Waals surface area (Å²) in [6, 6.07) is 7.54. The summed E-state index contributed by atoms with van der Waals surface area (Å²) in [6.45, 7) is 3.59. The topological polar surface area (TPSA) is 9.23 Å². The summed E-state index contributed by atoms with van der Waals surface area (Å²) in [7, 11) is 0. The van der Waals surface area contributed by atoms with Crippen LogP contribution in [0.15, 0.2) is 42.5 Å². The van der Waals surface area contributed by atoms with Gasteiger partial charge in [-0.05, 0) is 73.6 Å². The Morgan fingerprint density at radius 2 is 1.72 bits per heavy atom. The van der Waals surface area contributed by atoms with Crippen LogP contribution in [-0.2, 0) is 12.8 Å². The molecule has 0 radical (unpaired) electrons. The van der Waals surface area contributed by atoms with Crippen LogP contribution in [0.25, 0.3) is 0 Å². The van der Waals surface area contributed by atoms with Crippen LogP contribution in [0.1, 0.15) is 68.6 Å². The average Bonchev–Trinajstić information content (AvgIpc) is 2.78. The molecule has 1 nitrogen and oxygen atoms in total. The highest BCUT2D eigenvalue weighted by atomic mass is 19.2. The second kappa shape index (κ2) is 11.5. The van der Waals surface area contributed by atoms with E-state index >= 15 is 0 Å². The van der Waals surface area contributed by atoms with Crippen LogP contribution in [0.4, 0.5) is 17.6 Å². The summed E-state index contributed by atoms with van der Waals surface area (Å²) in [5.74, 6) is -1.50. The van der Waals surface area contributed by atoms with Gasteiger partial charge < -0.3 is 4.74 Å². The van der Waals surface area contributed by atoms with Crippen molar-refractivity contribution in [1.82, 2.24) is 0 Å². The lowest BCUT2D eigenvalue weighted by Crippen LogP contribution is -2.18. The third-order valence-electron chi connectivity index (χ3n) is 6.28. The van der Waals surface area contributed by atoms with Gasteiger partial charge in [-0.3, -0.25) is 0 Å². The van der Waals surface area contributed by atoms with Gasteiger partial charge in [0.15, 0.2) is 11.6 Å². The summed E-state index contributed by atoms with van der Waals surface area (Å²) in [5, 5.41) is 0. The zero-order chi connectivity index (χ0) is 23.1. The van der Waals surface area contributed by atoms with Crippen LogP contribution >= 0.6 is 0 Å². The lowest BCUT2D eigenvalue weighted by Gasteiger charge is -2.27. The van der Waals surface area contributed by atoms with Gasteiger partial charge in [0.2, 0.25) is 0 Å². The van der Waals surface area contributed by atoms with E-state index in [0.29, 0.717) is 23.5 Å². The average molecular weight is 449 g/mol. The number of hydrogen-bond donors (Lipinski definition) is 0. The molecule has 0 saturated heterocycles. The molecule has 5 heteroatoms. The molecular formula is C27H32F4O. The Bertz CT molecular complexity index is 916. The SMILES string of the molecule is C/C=C/C1CCC(c2ccc(CC(F)COc3ccc(CCC)c(F)c3)c(F)c2F)CC1. The lowest BCUT2D eigenvalue weighted by atomic mass is 9.78. The molecule has 0 spiro atoms. The largest absolute Gasteiger partial charge is 0.490 e. The van der Waals surface area contributed by atoms with Crippen LogP contribution in [0.3, 0.4) is 0 Å². The minimum atomic E-state index is -1.54. The Morgan fingerprint density at radius 3 is 2.38 bits per heavy atom. The molecule has 0 N–H and O–H groups in total. The number of ether oxygens (including phenoxy) is 1. The number of hydrogen-bond acceptors (Lipinski definition) is 1. The zero-order valence-corrected chi connectivity index (χ0v) is 18.9. The van der Waals surface area contributed by atoms with Gasteiger partial charge in [0.1, 0.15) is 24.3 Å². The van der Waals surface area contributed by atoms with E-state index < -0.39 is 17.8 Å². The Balaban J connectivity index is 1.58. The molecule has 2 aromatic rings. The van der Waals surface area contributed by atoms with E-state index in [1.165, 1.54) is 12.1 Å². The third kappa shape index (κ3) is 6.14. The Morgan fingerprint density at radius 1 is 1.00 bits per heavy atom. The molecule has 0 heterocycles. The van der Waals surface area contributed by atoms with Crippen molar-refractivity contribution in [3.63, 3.8) is 0 Å². The van der Waals surface area contributed by atoms with Crippen molar-refractivity contribution in [3.8, 4) is 5.75 Å². The van der Waals surface area contributed by atoms with Crippen molar-refractivity contribution in [1.29, 1.82) is 0 Å². The van der Waals surface area contributed by atoms with Crippen molar-refractivity contribution in [2.75, 3.05) is 6.61 Å². The van der Waals surface area contributed by atoms with Gasteiger partial charge in [0.05, 0.1) is 0 Å². The molecule has 3 rings (SSSR count). The predicted molar refractivity (Wildman–Crippen MR) is 120 cm³/mol. The standard InChI is InChI=1S/C27H32F4O/c1-3-5-18-7-9-19(10-8-18)24-14-12-21(26(30)27(24)31)15-22(28)17-32-23-13-11-20(6-4-2)25(29)16-23/h3,5,11-14,16,18-19,22H,4,6-10,15,17H2,1-2H3/b5-3+. The molecule has 32 heavy (non-hydrogen) atoms. The maximum atomic E-state index is 14.8. The Hall–Kier alpha value is -2.30. The minimum absolute atomic E-state index is 0.00450. The van der Waals surface area contributed by atoms with Gasteiger partial charge in [-0.2, -0.15) is 0 Å². The number of allylic oxidation sites excluding steroid dienone is 2. The molecule has 1 fully saturated rings. The minimum Gasteiger partial charge on any atom is -0.490 e. The molecule has 2 aromatic carbocycles. The molecule has 0 amide bonds. The predicted octanol–water partition coefficient (Wildman–Crippen LogP) is 7.87. The van der Waals surface area contributed by atoms with Crippen LogP contribution in [0.5, 0.6) is 5.75 Å². The number of aryl methyl sites for hydroxylation is 1. The molecule has 0 aliphatic heterocycles. The first-order chi connectivity index (χ1) is 15.4. The highest BCUT2D eigenvalue weighted by molar-refractivity contribution is 5.31. The summed E-state index contributed by atoms with van der Waals surface area (Å²) < 4.78 is 63.2. The maximum absolute atomic E-state index is 14.8. The maximum Gasteiger partial charge on any atom is 0.162 e. The van der Waals surface area contributed by atoms with Gasteiger partial charge in [0, 0.05) is 12.5 Å². The summed E-state index contributed by atoms with van der Waals surface area (Å²) in [4.78, 5) is 0. The highest BCUT2D eigenvalue weighted by Crippen LogP contribution is 2.38. The van der Waals surface area contributed by atoms with Crippen molar-refractivity contribution < 1.29 is 22.3 Å². The second-order valence-electron chi connectivity index (χ2n) is 8.69. The van der Waals surface area contributed by atoms with E-state index in [4.69, 9.17) is 4.74 Å². The van der Waals surface area contributed by atoms with E-state index in [9.17, 15) is 17.6 Å². The van der Waals surface area contributed by atoms with Crippen molar-refractivity contribution >= 4 is 0 Å². The van der Waals surface area contributed by atoms with Crippen molar-refractivity contribution in [3.05, 3.63) is 76.6 Å². The van der Waals surface area contributed by atoms with Crippen LogP contribution < -0.4 is 4.74 Å². The number of benzene rings is 2. The quantitative estimate of drug-likeness (QED) is 0.280. The van der Waals surface area contributed by atoms with Crippen LogP contribution in [0.2, 0.25) is 0 Å². The molecule has 0 aromatic heterocycles.